The zero-order valence-corrected chi connectivity index (χ0v) is 10.9. The van der Waals surface area contributed by atoms with Crippen molar-refractivity contribution in [2.24, 2.45) is 0 Å². The highest BCUT2D eigenvalue weighted by Gasteiger charge is 2.04. The van der Waals surface area contributed by atoms with E-state index in [1.807, 2.05) is 0 Å². The van der Waals surface area contributed by atoms with E-state index in [0.717, 1.165) is 0 Å². The second kappa shape index (κ2) is 7.45. The van der Waals surface area contributed by atoms with Gasteiger partial charge in [-0.15, -0.1) is 0 Å². The monoisotopic (exact) mass is 219 g/mol. The van der Waals surface area contributed by atoms with Gasteiger partial charge in [-0.2, -0.15) is 0 Å². The van der Waals surface area contributed by atoms with Gasteiger partial charge in [0.15, 0.2) is 0 Å². The van der Waals surface area contributed by atoms with Gasteiger partial charge in [-0.05, 0) is 50.8 Å². The predicted molar refractivity (Wildman–Crippen MR) is 71.9 cm³/mol. The molecule has 16 heavy (non-hydrogen) atoms. The summed E-state index contributed by atoms with van der Waals surface area (Å²) in [4.78, 5) is 0. The Morgan fingerprint density at radius 2 is 1.94 bits per heavy atom. The molecule has 0 aromatic heterocycles. The van der Waals surface area contributed by atoms with Gasteiger partial charge in [0.05, 0.1) is 0 Å². The molecule has 0 aliphatic carbocycles. The summed E-state index contributed by atoms with van der Waals surface area (Å²) in [5, 5.41) is 3.40. The molecule has 90 valence electrons. The highest BCUT2D eigenvalue weighted by Crippen LogP contribution is 2.12. The van der Waals surface area contributed by atoms with E-state index in [9.17, 15) is 0 Å². The average Bonchev–Trinajstić information content (AvgIpc) is 2.30. The van der Waals surface area contributed by atoms with Crippen LogP contribution < -0.4 is 5.32 Å². The minimum absolute atomic E-state index is 0.703. The maximum absolute atomic E-state index is 3.40. The Morgan fingerprint density at radius 3 is 2.56 bits per heavy atom. The van der Waals surface area contributed by atoms with E-state index >= 15 is 0 Å². The molecule has 1 rings (SSSR count). The van der Waals surface area contributed by atoms with Crippen LogP contribution >= 0.6 is 0 Å². The molecule has 0 saturated carbocycles. The summed E-state index contributed by atoms with van der Waals surface area (Å²) in [7, 11) is 2.08. The lowest BCUT2D eigenvalue weighted by molar-refractivity contribution is 0.469. The number of benzene rings is 1. The molecule has 1 heteroatoms. The van der Waals surface area contributed by atoms with E-state index in [2.05, 4.69) is 50.5 Å². The van der Waals surface area contributed by atoms with Crippen molar-refractivity contribution in [1.82, 2.24) is 5.32 Å². The summed E-state index contributed by atoms with van der Waals surface area (Å²) in [6.45, 7) is 4.46. The van der Waals surface area contributed by atoms with Crippen molar-refractivity contribution in [3.8, 4) is 0 Å². The molecule has 1 atom stereocenters. The number of nitrogens with one attached hydrogen (secondary N) is 1. The molecule has 0 amide bonds. The van der Waals surface area contributed by atoms with Crippen molar-refractivity contribution < 1.29 is 0 Å². The largest absolute Gasteiger partial charge is 0.317 e. The van der Waals surface area contributed by atoms with E-state index in [-0.39, 0.29) is 0 Å². The van der Waals surface area contributed by atoms with E-state index in [0.29, 0.717) is 6.04 Å². The van der Waals surface area contributed by atoms with Crippen molar-refractivity contribution in [1.29, 1.82) is 0 Å². The summed E-state index contributed by atoms with van der Waals surface area (Å²) in [6.07, 6.45) is 6.36. The van der Waals surface area contributed by atoms with Gasteiger partial charge in [-0.3, -0.25) is 0 Å². The maximum Gasteiger partial charge on any atom is 0.00640 e. The van der Waals surface area contributed by atoms with Crippen molar-refractivity contribution in [2.45, 2.75) is 52.0 Å². The van der Waals surface area contributed by atoms with Crippen LogP contribution in [0.2, 0.25) is 0 Å². The molecular weight excluding hydrogens is 194 g/mol. The van der Waals surface area contributed by atoms with Gasteiger partial charge in [-0.25, -0.2) is 0 Å². The molecule has 1 nitrogen and oxygen atoms in total. The highest BCUT2D eigenvalue weighted by molar-refractivity contribution is 5.25. The molecule has 1 aromatic rings. The summed E-state index contributed by atoms with van der Waals surface area (Å²) in [6, 6.07) is 9.42. The molecular formula is C15H25N. The van der Waals surface area contributed by atoms with Gasteiger partial charge < -0.3 is 5.32 Å². The first-order chi connectivity index (χ1) is 7.77. The third-order valence-corrected chi connectivity index (χ3v) is 3.31. The standard InChI is InChI=1S/C15H25N/c1-4-8-15(16-3)12-7-11-14-10-6-5-9-13(14)2/h5-6,9-10,15-16H,4,7-8,11-12H2,1-3H3. The van der Waals surface area contributed by atoms with Crippen LogP contribution in [0.25, 0.3) is 0 Å². The molecule has 1 aromatic carbocycles. The topological polar surface area (TPSA) is 12.0 Å². The normalized spacial score (nSPS) is 12.7. The Labute approximate surface area is 100 Å². The third-order valence-electron chi connectivity index (χ3n) is 3.31. The Kier molecular flexibility index (Phi) is 6.17. The van der Waals surface area contributed by atoms with E-state index < -0.39 is 0 Å². The van der Waals surface area contributed by atoms with Crippen LogP contribution in [-0.4, -0.2) is 13.1 Å². The fourth-order valence-electron chi connectivity index (χ4n) is 2.21. The molecule has 0 heterocycles. The highest BCUT2D eigenvalue weighted by atomic mass is 14.9. The van der Waals surface area contributed by atoms with Crippen LogP contribution in [0.1, 0.15) is 43.7 Å². The second-order valence-electron chi connectivity index (χ2n) is 4.59. The van der Waals surface area contributed by atoms with Crippen molar-refractivity contribution >= 4 is 0 Å². The zero-order chi connectivity index (χ0) is 11.8. The number of hydrogen-bond donors (Lipinski definition) is 1. The SMILES string of the molecule is CCCC(CCCc1ccccc1C)NC. The lowest BCUT2D eigenvalue weighted by Crippen LogP contribution is -2.24. The van der Waals surface area contributed by atoms with Crippen molar-refractivity contribution in [2.75, 3.05) is 7.05 Å². The molecule has 0 bridgehead atoms. The van der Waals surface area contributed by atoms with Gasteiger partial charge in [0, 0.05) is 6.04 Å². The first kappa shape index (κ1) is 13.2. The molecule has 1 N–H and O–H groups in total. The molecule has 0 aliphatic heterocycles. The molecule has 0 aliphatic rings. The molecule has 1 unspecified atom stereocenters. The smallest absolute Gasteiger partial charge is 0.00640 e. The molecule has 0 spiro atoms. The van der Waals surface area contributed by atoms with Gasteiger partial charge in [0.1, 0.15) is 0 Å². The number of aryl methyl sites for hydroxylation is 2. The van der Waals surface area contributed by atoms with Crippen LogP contribution in [0.15, 0.2) is 24.3 Å². The van der Waals surface area contributed by atoms with Crippen LogP contribution in [0.4, 0.5) is 0 Å². The summed E-state index contributed by atoms with van der Waals surface area (Å²) in [5.41, 5.74) is 2.94. The zero-order valence-electron chi connectivity index (χ0n) is 10.9. The minimum atomic E-state index is 0.703. The third kappa shape index (κ3) is 4.36. The Morgan fingerprint density at radius 1 is 1.19 bits per heavy atom. The van der Waals surface area contributed by atoms with E-state index in [1.54, 1.807) is 0 Å². The summed E-state index contributed by atoms with van der Waals surface area (Å²) in [5.74, 6) is 0. The lowest BCUT2D eigenvalue weighted by atomic mass is 9.99. The van der Waals surface area contributed by atoms with Crippen LogP contribution in [-0.2, 0) is 6.42 Å². The van der Waals surface area contributed by atoms with E-state index in [1.165, 1.54) is 43.2 Å². The second-order valence-corrected chi connectivity index (χ2v) is 4.59. The van der Waals surface area contributed by atoms with E-state index in [4.69, 9.17) is 0 Å². The maximum atomic E-state index is 3.40. The van der Waals surface area contributed by atoms with Gasteiger partial charge in [0.25, 0.3) is 0 Å². The Hall–Kier alpha value is -0.820. The Bertz CT molecular complexity index is 293. The fourth-order valence-corrected chi connectivity index (χ4v) is 2.21. The lowest BCUT2D eigenvalue weighted by Gasteiger charge is -2.15. The van der Waals surface area contributed by atoms with Crippen molar-refractivity contribution in [3.63, 3.8) is 0 Å². The van der Waals surface area contributed by atoms with Gasteiger partial charge in [-0.1, -0.05) is 37.6 Å². The van der Waals surface area contributed by atoms with Crippen LogP contribution in [0.3, 0.4) is 0 Å². The summed E-state index contributed by atoms with van der Waals surface area (Å²) < 4.78 is 0. The quantitative estimate of drug-likeness (QED) is 0.737. The van der Waals surface area contributed by atoms with Crippen LogP contribution in [0.5, 0.6) is 0 Å². The fraction of sp³-hybridized carbons (Fsp3) is 0.600. The molecule has 0 fully saturated rings. The minimum Gasteiger partial charge on any atom is -0.317 e. The van der Waals surface area contributed by atoms with Gasteiger partial charge in [0.2, 0.25) is 0 Å². The van der Waals surface area contributed by atoms with Crippen molar-refractivity contribution in [3.05, 3.63) is 35.4 Å². The number of rotatable bonds is 7. The Balaban J connectivity index is 2.32. The van der Waals surface area contributed by atoms with Gasteiger partial charge >= 0.3 is 0 Å². The number of hydrogen-bond acceptors (Lipinski definition) is 1. The predicted octanol–water partition coefficient (Wildman–Crippen LogP) is 3.71. The first-order valence-electron chi connectivity index (χ1n) is 6.49. The first-order valence-corrected chi connectivity index (χ1v) is 6.49. The molecule has 0 saturated heterocycles. The summed E-state index contributed by atoms with van der Waals surface area (Å²) >= 11 is 0. The molecule has 0 radical (unpaired) electrons. The average molecular weight is 219 g/mol. The van der Waals surface area contributed by atoms with Crippen LogP contribution in [0, 0.1) is 6.92 Å².